The van der Waals surface area contributed by atoms with Crippen molar-refractivity contribution >= 4 is 23.6 Å². The van der Waals surface area contributed by atoms with Crippen molar-refractivity contribution in [3.05, 3.63) is 58.4 Å². The predicted molar refractivity (Wildman–Crippen MR) is 147 cm³/mol. The van der Waals surface area contributed by atoms with Crippen LogP contribution in [0.1, 0.15) is 61.3 Å². The number of hydrogen-bond donors (Lipinski definition) is 2. The molecule has 0 fully saturated rings. The first-order valence-electron chi connectivity index (χ1n) is 13.1. The highest BCUT2D eigenvalue weighted by Gasteiger charge is 2.33. The first kappa shape index (κ1) is 31.0. The molecule has 1 aliphatic carbocycles. The van der Waals surface area contributed by atoms with Gasteiger partial charge in [0.05, 0.1) is 11.8 Å². The average Bonchev–Trinajstić information content (AvgIpc) is 2.84. The smallest absolute Gasteiger partial charge is 0.405 e. The molecule has 0 radical (unpaired) electrons. The van der Waals surface area contributed by atoms with Crippen molar-refractivity contribution < 1.29 is 28.7 Å². The van der Waals surface area contributed by atoms with Crippen molar-refractivity contribution in [1.82, 2.24) is 5.32 Å². The summed E-state index contributed by atoms with van der Waals surface area (Å²) in [6.45, 7) is 13.1. The number of primary amides is 1. The second-order valence-electron chi connectivity index (χ2n) is 10.7. The molecule has 2 bridgehead atoms. The Hall–Kier alpha value is -3.26. The number of carbonyl (C=O) groups excluding carboxylic acids is 4. The van der Waals surface area contributed by atoms with E-state index < -0.39 is 18.1 Å². The second-order valence-corrected chi connectivity index (χ2v) is 10.7. The summed E-state index contributed by atoms with van der Waals surface area (Å²) in [4.78, 5) is 50.7. The van der Waals surface area contributed by atoms with Crippen LogP contribution >= 0.6 is 0 Å². The van der Waals surface area contributed by atoms with Crippen LogP contribution < -0.4 is 11.1 Å². The number of allylic oxidation sites excluding steroid dienone is 6. The van der Waals surface area contributed by atoms with E-state index in [1.165, 1.54) is 6.08 Å². The lowest BCUT2D eigenvalue weighted by Gasteiger charge is -2.29. The van der Waals surface area contributed by atoms with Crippen LogP contribution in [0.4, 0.5) is 4.79 Å². The molecule has 0 aromatic rings. The van der Waals surface area contributed by atoms with Crippen molar-refractivity contribution in [3.8, 4) is 0 Å². The number of fused-ring (bicyclic) bond motifs is 2. The van der Waals surface area contributed by atoms with Crippen molar-refractivity contribution in [2.75, 3.05) is 7.11 Å². The van der Waals surface area contributed by atoms with Crippen LogP contribution in [0.5, 0.6) is 0 Å². The maximum Gasteiger partial charge on any atom is 0.405 e. The molecular formula is C30H42N2O6. The third-order valence-electron chi connectivity index (χ3n) is 7.53. The van der Waals surface area contributed by atoms with Gasteiger partial charge >= 0.3 is 6.09 Å². The molecule has 1 aliphatic heterocycles. The number of nitrogens with two attached hydrogens (primary N) is 1. The van der Waals surface area contributed by atoms with E-state index >= 15 is 0 Å². The van der Waals surface area contributed by atoms with E-state index in [9.17, 15) is 19.2 Å². The molecule has 0 saturated carbocycles. The van der Waals surface area contributed by atoms with Gasteiger partial charge in [-0.15, -0.1) is 0 Å². The molecule has 0 spiro atoms. The van der Waals surface area contributed by atoms with Gasteiger partial charge in [-0.2, -0.15) is 0 Å². The average molecular weight is 527 g/mol. The van der Waals surface area contributed by atoms with Gasteiger partial charge in [0.15, 0.2) is 5.78 Å². The fourth-order valence-corrected chi connectivity index (χ4v) is 5.13. The lowest BCUT2D eigenvalue weighted by molar-refractivity contribution is -0.120. The molecule has 38 heavy (non-hydrogen) atoms. The number of methoxy groups -OCH3 is 1. The Balaban J connectivity index is 2.54. The van der Waals surface area contributed by atoms with Gasteiger partial charge in [-0.3, -0.25) is 14.4 Å². The maximum absolute atomic E-state index is 13.4. The van der Waals surface area contributed by atoms with Crippen LogP contribution in [0, 0.1) is 23.7 Å². The van der Waals surface area contributed by atoms with Crippen molar-refractivity contribution in [2.24, 2.45) is 29.4 Å². The highest BCUT2D eigenvalue weighted by molar-refractivity contribution is 6.23. The maximum atomic E-state index is 13.4. The minimum absolute atomic E-state index is 0.0191. The lowest BCUT2D eigenvalue weighted by atomic mass is 9.77. The van der Waals surface area contributed by atoms with Crippen LogP contribution in [0.2, 0.25) is 0 Å². The molecule has 0 aromatic heterocycles. The third kappa shape index (κ3) is 7.87. The Morgan fingerprint density at radius 2 is 1.71 bits per heavy atom. The molecule has 2 amide bonds. The largest absolute Gasteiger partial charge is 0.441 e. The van der Waals surface area contributed by atoms with Gasteiger partial charge in [-0.1, -0.05) is 52.0 Å². The van der Waals surface area contributed by atoms with E-state index in [4.69, 9.17) is 15.2 Å². The molecule has 6 atom stereocenters. The number of nitrogens with one attached hydrogen (secondary N) is 1. The molecular weight excluding hydrogens is 484 g/mol. The van der Waals surface area contributed by atoms with Crippen molar-refractivity contribution in [2.45, 2.75) is 73.5 Å². The molecule has 0 unspecified atom stereocenters. The minimum Gasteiger partial charge on any atom is -0.441 e. The normalized spacial score (nSPS) is 33.9. The zero-order valence-electron chi connectivity index (χ0n) is 23.8. The van der Waals surface area contributed by atoms with E-state index in [-0.39, 0.29) is 47.0 Å². The fraction of sp³-hybridized carbons (Fsp3) is 0.533. The van der Waals surface area contributed by atoms with Crippen molar-refractivity contribution in [3.63, 3.8) is 0 Å². The topological polar surface area (TPSA) is 125 Å². The zero-order chi connectivity index (χ0) is 28.7. The van der Waals surface area contributed by atoms with Crippen molar-refractivity contribution in [1.29, 1.82) is 0 Å². The van der Waals surface area contributed by atoms with Gasteiger partial charge in [-0.05, 0) is 56.9 Å². The van der Waals surface area contributed by atoms with Gasteiger partial charge < -0.3 is 20.5 Å². The predicted octanol–water partition coefficient (Wildman–Crippen LogP) is 4.72. The number of Topliss-reactive ketones (excluding diaryl/α,β-unsaturated/α-hetero) is 1. The third-order valence-corrected chi connectivity index (χ3v) is 7.53. The number of ether oxygens (including phenoxy) is 2. The molecule has 2 aliphatic rings. The van der Waals surface area contributed by atoms with E-state index in [1.807, 2.05) is 33.8 Å². The van der Waals surface area contributed by atoms with E-state index in [2.05, 4.69) is 18.3 Å². The Morgan fingerprint density at radius 3 is 2.32 bits per heavy atom. The fourth-order valence-electron chi connectivity index (χ4n) is 5.13. The summed E-state index contributed by atoms with van der Waals surface area (Å²) < 4.78 is 11.2. The van der Waals surface area contributed by atoms with Crippen LogP contribution in [0.25, 0.3) is 0 Å². The molecule has 208 valence electrons. The van der Waals surface area contributed by atoms with Crippen LogP contribution in [0.15, 0.2) is 58.4 Å². The van der Waals surface area contributed by atoms with E-state index in [1.54, 1.807) is 33.1 Å². The van der Waals surface area contributed by atoms with Gasteiger partial charge in [0, 0.05) is 35.8 Å². The van der Waals surface area contributed by atoms with Crippen LogP contribution in [0.3, 0.4) is 0 Å². The number of ketones is 2. The van der Waals surface area contributed by atoms with Gasteiger partial charge in [-0.25, -0.2) is 4.79 Å². The highest BCUT2D eigenvalue weighted by atomic mass is 16.6. The standard InChI is InChI=1S/C30H42N2O6/c1-16-12-20(5)28(38-30(31)36)17(2)10-9-11-18(3)29(35)32-24-15-25(33)22(7)26(27(24)34)21(6)19(4)14-23(13-16)37-8/h9-12,15-17,19,21,23,28H,13-14H2,1-8H3,(H2,31,36)(H,32,35)/b10-9-,18-11+,20-12+/t16-,17-,19-,21+,23+,28+/m0/s1. The number of hydrogen-bond acceptors (Lipinski definition) is 6. The van der Waals surface area contributed by atoms with Crippen LogP contribution in [-0.4, -0.2) is 42.9 Å². The lowest BCUT2D eigenvalue weighted by Crippen LogP contribution is -2.35. The molecule has 0 aromatic carbocycles. The Kier molecular flexibility index (Phi) is 11.0. The molecule has 8 heteroatoms. The molecule has 3 N–H and O–H groups in total. The number of amides is 2. The minimum atomic E-state index is -0.860. The van der Waals surface area contributed by atoms with E-state index in [0.717, 1.165) is 5.57 Å². The molecule has 1 heterocycles. The Bertz CT molecular complexity index is 1110. The first-order valence-corrected chi connectivity index (χ1v) is 13.1. The summed E-state index contributed by atoms with van der Waals surface area (Å²) in [5, 5.41) is 2.62. The molecule has 0 saturated heterocycles. The Morgan fingerprint density at radius 1 is 1.05 bits per heavy atom. The zero-order valence-corrected chi connectivity index (χ0v) is 23.8. The van der Waals surface area contributed by atoms with Gasteiger partial charge in [0.25, 0.3) is 5.91 Å². The summed E-state index contributed by atoms with van der Waals surface area (Å²) in [7, 11) is 1.66. The summed E-state index contributed by atoms with van der Waals surface area (Å²) in [5.41, 5.74) is 7.39. The second kappa shape index (κ2) is 13.5. The first-order chi connectivity index (χ1) is 17.8. The van der Waals surface area contributed by atoms with E-state index in [0.29, 0.717) is 29.6 Å². The number of rotatable bonds is 2. The van der Waals surface area contributed by atoms with Gasteiger partial charge in [0.1, 0.15) is 6.10 Å². The van der Waals surface area contributed by atoms with Gasteiger partial charge in [0.2, 0.25) is 5.78 Å². The highest BCUT2D eigenvalue weighted by Crippen LogP contribution is 2.33. The van der Waals surface area contributed by atoms with Crippen LogP contribution in [-0.2, 0) is 23.9 Å². The summed E-state index contributed by atoms with van der Waals surface area (Å²) >= 11 is 0. The quantitative estimate of drug-likeness (QED) is 0.396. The summed E-state index contributed by atoms with van der Waals surface area (Å²) in [5.74, 6) is -1.43. The monoisotopic (exact) mass is 526 g/mol. The Labute approximate surface area is 226 Å². The SMILES string of the molecule is CO[C@@H]1C[C@@H](C)/C=C(\C)[C@H](OC(N)=O)[C@@H](C)/C=C\C=C(/C)C(=O)NC2=CC(=O)C(C)=C(C2=O)[C@H](C)[C@@H](C)C1. The molecule has 2 rings (SSSR count). The molecule has 8 nitrogen and oxygen atoms in total. The summed E-state index contributed by atoms with van der Waals surface area (Å²) in [6, 6.07) is 0. The number of carbonyl (C=O) groups is 4. The summed E-state index contributed by atoms with van der Waals surface area (Å²) in [6.07, 6.45) is 8.24.